The number of thiophene rings is 1. The Balaban J connectivity index is 1.64. The van der Waals surface area contributed by atoms with Gasteiger partial charge in [-0.2, -0.15) is 0 Å². The SMILES string of the molecule is CN(C[C@H]1COc2ccccc2O1)C(=O)c1ccc(C(=O)O)s1. The predicted octanol–water partition coefficient (Wildman–Crippen LogP) is 2.36. The Morgan fingerprint density at radius 1 is 1.22 bits per heavy atom. The lowest BCUT2D eigenvalue weighted by Crippen LogP contribution is -2.41. The molecule has 0 fully saturated rings. The molecule has 0 saturated heterocycles. The highest BCUT2D eigenvalue weighted by atomic mass is 32.1. The molecule has 0 unspecified atom stereocenters. The number of amides is 1. The number of carbonyl (C=O) groups excluding carboxylic acids is 1. The number of carbonyl (C=O) groups is 2. The Morgan fingerprint density at radius 3 is 2.61 bits per heavy atom. The molecule has 0 spiro atoms. The van der Waals surface area contributed by atoms with Gasteiger partial charge >= 0.3 is 5.97 Å². The van der Waals surface area contributed by atoms with Crippen molar-refractivity contribution in [3.63, 3.8) is 0 Å². The first-order chi connectivity index (χ1) is 11.0. The summed E-state index contributed by atoms with van der Waals surface area (Å²) in [7, 11) is 1.66. The van der Waals surface area contributed by atoms with Crippen LogP contribution in [0.4, 0.5) is 0 Å². The number of fused-ring (bicyclic) bond motifs is 1. The van der Waals surface area contributed by atoms with E-state index in [1.165, 1.54) is 17.0 Å². The van der Waals surface area contributed by atoms with Crippen LogP contribution in [-0.2, 0) is 0 Å². The molecule has 1 amide bonds. The van der Waals surface area contributed by atoms with E-state index < -0.39 is 5.97 Å². The molecular weight excluding hydrogens is 318 g/mol. The second kappa shape index (κ2) is 6.29. The van der Waals surface area contributed by atoms with Crippen LogP contribution in [-0.4, -0.2) is 48.2 Å². The van der Waals surface area contributed by atoms with Gasteiger partial charge in [-0.1, -0.05) is 12.1 Å². The molecule has 3 rings (SSSR count). The van der Waals surface area contributed by atoms with Gasteiger partial charge in [0.15, 0.2) is 17.6 Å². The van der Waals surface area contributed by atoms with Crippen LogP contribution in [0.25, 0.3) is 0 Å². The summed E-state index contributed by atoms with van der Waals surface area (Å²) in [6.45, 7) is 0.715. The van der Waals surface area contributed by atoms with E-state index in [4.69, 9.17) is 14.6 Å². The molecule has 1 N–H and O–H groups in total. The van der Waals surface area contributed by atoms with Crippen molar-refractivity contribution in [1.82, 2.24) is 4.90 Å². The van der Waals surface area contributed by atoms with Crippen LogP contribution >= 0.6 is 11.3 Å². The minimum absolute atomic E-state index is 0.146. The third kappa shape index (κ3) is 3.29. The maximum atomic E-state index is 12.3. The molecule has 120 valence electrons. The van der Waals surface area contributed by atoms with E-state index in [0.29, 0.717) is 29.5 Å². The van der Waals surface area contributed by atoms with Gasteiger partial charge in [0.05, 0.1) is 11.4 Å². The van der Waals surface area contributed by atoms with Gasteiger partial charge in [-0.15, -0.1) is 11.3 Å². The van der Waals surface area contributed by atoms with Crippen molar-refractivity contribution >= 4 is 23.2 Å². The molecule has 1 atom stereocenters. The van der Waals surface area contributed by atoms with Crippen molar-refractivity contribution in [3.8, 4) is 11.5 Å². The van der Waals surface area contributed by atoms with Crippen molar-refractivity contribution in [2.24, 2.45) is 0 Å². The predicted molar refractivity (Wildman–Crippen MR) is 84.6 cm³/mol. The first kappa shape index (κ1) is 15.4. The molecule has 7 heteroatoms. The number of para-hydroxylation sites is 2. The second-order valence-electron chi connectivity index (χ2n) is 5.15. The summed E-state index contributed by atoms with van der Waals surface area (Å²) in [6, 6.07) is 10.3. The number of likely N-dealkylation sites (N-methyl/N-ethyl adjacent to an activating group) is 1. The fraction of sp³-hybridized carbons (Fsp3) is 0.250. The van der Waals surface area contributed by atoms with Crippen LogP contribution in [0.15, 0.2) is 36.4 Å². The van der Waals surface area contributed by atoms with Crippen LogP contribution < -0.4 is 9.47 Å². The van der Waals surface area contributed by atoms with Crippen molar-refractivity contribution in [2.75, 3.05) is 20.2 Å². The maximum absolute atomic E-state index is 12.3. The zero-order chi connectivity index (χ0) is 16.4. The fourth-order valence-corrected chi connectivity index (χ4v) is 3.14. The average molecular weight is 333 g/mol. The van der Waals surface area contributed by atoms with E-state index in [2.05, 4.69) is 0 Å². The van der Waals surface area contributed by atoms with Gasteiger partial charge in [0.2, 0.25) is 0 Å². The first-order valence-corrected chi connectivity index (χ1v) is 7.83. The van der Waals surface area contributed by atoms with E-state index in [-0.39, 0.29) is 16.9 Å². The first-order valence-electron chi connectivity index (χ1n) is 7.01. The van der Waals surface area contributed by atoms with E-state index in [1.54, 1.807) is 7.05 Å². The Morgan fingerprint density at radius 2 is 1.91 bits per heavy atom. The molecule has 1 aliphatic heterocycles. The zero-order valence-electron chi connectivity index (χ0n) is 12.4. The maximum Gasteiger partial charge on any atom is 0.345 e. The summed E-state index contributed by atoms with van der Waals surface area (Å²) < 4.78 is 11.4. The fourth-order valence-electron chi connectivity index (χ4n) is 2.30. The monoisotopic (exact) mass is 333 g/mol. The number of hydrogen-bond acceptors (Lipinski definition) is 5. The molecule has 2 heterocycles. The molecule has 1 aromatic carbocycles. The van der Waals surface area contributed by atoms with Gasteiger partial charge in [0.1, 0.15) is 11.5 Å². The normalized spacial score (nSPS) is 16.0. The highest BCUT2D eigenvalue weighted by molar-refractivity contribution is 7.15. The summed E-state index contributed by atoms with van der Waals surface area (Å²) in [5.41, 5.74) is 0. The van der Waals surface area contributed by atoms with Gasteiger partial charge in [-0.05, 0) is 24.3 Å². The summed E-state index contributed by atoms with van der Waals surface area (Å²) in [5.74, 6) is 0.0956. The number of benzene rings is 1. The highest BCUT2D eigenvalue weighted by Gasteiger charge is 2.25. The van der Waals surface area contributed by atoms with E-state index in [1.807, 2.05) is 24.3 Å². The van der Waals surface area contributed by atoms with Crippen molar-refractivity contribution in [1.29, 1.82) is 0 Å². The Hall–Kier alpha value is -2.54. The molecule has 0 radical (unpaired) electrons. The Labute approximate surface area is 136 Å². The minimum atomic E-state index is -1.03. The second-order valence-corrected chi connectivity index (χ2v) is 6.24. The lowest BCUT2D eigenvalue weighted by Gasteiger charge is -2.29. The standard InChI is InChI=1S/C16H15NO5S/c1-17(15(18)13-6-7-14(23-13)16(19)20)8-10-9-21-11-4-2-3-5-12(11)22-10/h2-7,10H,8-9H2,1H3,(H,19,20)/t10-/m0/s1. The third-order valence-corrected chi connectivity index (χ3v) is 4.48. The number of aromatic carboxylic acids is 1. The van der Waals surface area contributed by atoms with Crippen LogP contribution in [0.5, 0.6) is 11.5 Å². The molecule has 0 saturated carbocycles. The van der Waals surface area contributed by atoms with Gasteiger partial charge in [-0.25, -0.2) is 4.79 Å². The number of hydrogen-bond donors (Lipinski definition) is 1. The van der Waals surface area contributed by atoms with Crippen LogP contribution in [0.1, 0.15) is 19.3 Å². The van der Waals surface area contributed by atoms with Gasteiger partial charge in [-0.3, -0.25) is 4.79 Å². The molecule has 2 aromatic rings. The zero-order valence-corrected chi connectivity index (χ0v) is 13.2. The van der Waals surface area contributed by atoms with Crippen molar-refractivity contribution in [3.05, 3.63) is 46.2 Å². The van der Waals surface area contributed by atoms with E-state index in [0.717, 1.165) is 11.3 Å². The molecule has 6 nitrogen and oxygen atoms in total. The highest BCUT2D eigenvalue weighted by Crippen LogP contribution is 2.31. The molecule has 23 heavy (non-hydrogen) atoms. The number of rotatable bonds is 4. The Bertz CT molecular complexity index is 742. The van der Waals surface area contributed by atoms with E-state index in [9.17, 15) is 9.59 Å². The van der Waals surface area contributed by atoms with Gasteiger partial charge < -0.3 is 19.5 Å². The van der Waals surface area contributed by atoms with Gasteiger partial charge in [0.25, 0.3) is 5.91 Å². The third-order valence-electron chi connectivity index (χ3n) is 3.42. The number of carboxylic acids is 1. The summed E-state index contributed by atoms with van der Waals surface area (Å²) >= 11 is 0.965. The van der Waals surface area contributed by atoms with Crippen LogP contribution in [0, 0.1) is 0 Å². The molecule has 1 aliphatic rings. The summed E-state index contributed by atoms with van der Waals surface area (Å²) in [5, 5.41) is 8.92. The lowest BCUT2D eigenvalue weighted by atomic mass is 10.2. The number of ether oxygens (including phenoxy) is 2. The number of carboxylic acid groups (broad SMARTS) is 1. The van der Waals surface area contributed by atoms with Crippen LogP contribution in [0.3, 0.4) is 0 Å². The molecule has 0 aliphatic carbocycles. The lowest BCUT2D eigenvalue weighted by molar-refractivity contribution is 0.0524. The summed E-state index contributed by atoms with van der Waals surface area (Å²) in [6.07, 6.45) is -0.266. The van der Waals surface area contributed by atoms with Crippen molar-refractivity contribution in [2.45, 2.75) is 6.10 Å². The minimum Gasteiger partial charge on any atom is -0.486 e. The smallest absolute Gasteiger partial charge is 0.345 e. The van der Waals surface area contributed by atoms with E-state index >= 15 is 0 Å². The Kier molecular flexibility index (Phi) is 4.20. The average Bonchev–Trinajstić information content (AvgIpc) is 3.04. The number of nitrogens with zero attached hydrogens (tertiary/aromatic N) is 1. The quantitative estimate of drug-likeness (QED) is 0.929. The largest absolute Gasteiger partial charge is 0.486 e. The van der Waals surface area contributed by atoms with Crippen molar-refractivity contribution < 1.29 is 24.2 Å². The molecule has 1 aromatic heterocycles. The van der Waals surface area contributed by atoms with Gasteiger partial charge in [0, 0.05) is 7.05 Å². The summed E-state index contributed by atoms with van der Waals surface area (Å²) in [4.78, 5) is 25.3. The van der Waals surface area contributed by atoms with Crippen LogP contribution in [0.2, 0.25) is 0 Å². The topological polar surface area (TPSA) is 76.1 Å². The molecular formula is C16H15NO5S. The molecule has 0 bridgehead atoms.